The van der Waals surface area contributed by atoms with Gasteiger partial charge in [0, 0.05) is 38.5 Å². The molecule has 1 heterocycles. The Morgan fingerprint density at radius 2 is 1.81 bits per heavy atom. The van der Waals surface area contributed by atoms with Crippen LogP contribution in [0.15, 0.2) is 0 Å². The van der Waals surface area contributed by atoms with Crippen molar-refractivity contribution in [3.63, 3.8) is 0 Å². The lowest BCUT2D eigenvalue weighted by atomic mass is 9.89. The van der Waals surface area contributed by atoms with E-state index in [-0.39, 0.29) is 18.5 Å². The molecule has 3 nitrogen and oxygen atoms in total. The molecule has 2 aliphatic rings. The SMILES string of the molecule is CC(=O)N1CC(CC(F)(F)F)CC(NC2CCCCC2)C1. The van der Waals surface area contributed by atoms with Crippen molar-refractivity contribution >= 4 is 5.91 Å². The molecule has 0 spiro atoms. The van der Waals surface area contributed by atoms with Crippen LogP contribution in [0.25, 0.3) is 0 Å². The van der Waals surface area contributed by atoms with Crippen molar-refractivity contribution in [2.75, 3.05) is 13.1 Å². The Labute approximate surface area is 124 Å². The van der Waals surface area contributed by atoms with E-state index in [2.05, 4.69) is 5.32 Å². The van der Waals surface area contributed by atoms with Crippen molar-refractivity contribution in [2.45, 2.75) is 70.1 Å². The van der Waals surface area contributed by atoms with Gasteiger partial charge in [-0.3, -0.25) is 4.79 Å². The fraction of sp³-hybridized carbons (Fsp3) is 0.933. The maximum atomic E-state index is 12.6. The van der Waals surface area contributed by atoms with Crippen molar-refractivity contribution in [1.29, 1.82) is 0 Å². The number of nitrogens with one attached hydrogen (secondary N) is 1. The minimum Gasteiger partial charge on any atom is -0.341 e. The minimum absolute atomic E-state index is 0.00176. The van der Waals surface area contributed by atoms with Gasteiger partial charge in [-0.1, -0.05) is 19.3 Å². The maximum absolute atomic E-state index is 12.6. The highest BCUT2D eigenvalue weighted by Gasteiger charge is 2.37. The molecule has 2 rings (SSSR count). The Bertz CT molecular complexity index is 353. The fourth-order valence-electron chi connectivity index (χ4n) is 3.66. The molecule has 1 saturated carbocycles. The van der Waals surface area contributed by atoms with Crippen LogP contribution < -0.4 is 5.32 Å². The molecule has 0 radical (unpaired) electrons. The lowest BCUT2D eigenvalue weighted by Crippen LogP contribution is -2.53. The molecule has 0 aromatic rings. The largest absolute Gasteiger partial charge is 0.389 e. The first kappa shape index (κ1) is 16.6. The smallest absolute Gasteiger partial charge is 0.341 e. The second-order valence-electron chi connectivity index (χ2n) is 6.54. The van der Waals surface area contributed by atoms with E-state index in [9.17, 15) is 18.0 Å². The number of likely N-dealkylation sites (tertiary alicyclic amines) is 1. The van der Waals surface area contributed by atoms with Crippen molar-refractivity contribution < 1.29 is 18.0 Å². The lowest BCUT2D eigenvalue weighted by molar-refractivity contribution is -0.153. The molecular weight excluding hydrogens is 281 g/mol. The fourth-order valence-corrected chi connectivity index (χ4v) is 3.66. The van der Waals surface area contributed by atoms with E-state index in [4.69, 9.17) is 0 Å². The first-order chi connectivity index (χ1) is 9.83. The summed E-state index contributed by atoms with van der Waals surface area (Å²) in [6.45, 7) is 2.21. The van der Waals surface area contributed by atoms with E-state index < -0.39 is 18.5 Å². The van der Waals surface area contributed by atoms with Crippen LogP contribution in [0.2, 0.25) is 0 Å². The van der Waals surface area contributed by atoms with Gasteiger partial charge < -0.3 is 10.2 Å². The molecule has 1 N–H and O–H groups in total. The van der Waals surface area contributed by atoms with Gasteiger partial charge in [-0.2, -0.15) is 13.2 Å². The molecular formula is C15H25F3N2O. The number of hydrogen-bond donors (Lipinski definition) is 1. The summed E-state index contributed by atoms with van der Waals surface area (Å²) in [6, 6.07) is 0.403. The molecule has 2 atom stereocenters. The van der Waals surface area contributed by atoms with Crippen LogP contribution in [0.1, 0.15) is 51.9 Å². The van der Waals surface area contributed by atoms with Gasteiger partial charge >= 0.3 is 6.18 Å². The normalized spacial score (nSPS) is 28.7. The van der Waals surface area contributed by atoms with Gasteiger partial charge in [0.05, 0.1) is 0 Å². The van der Waals surface area contributed by atoms with E-state index in [0.717, 1.165) is 12.8 Å². The highest BCUT2D eigenvalue weighted by molar-refractivity contribution is 5.73. The molecule has 2 fully saturated rings. The number of halogens is 3. The summed E-state index contributed by atoms with van der Waals surface area (Å²) in [6.07, 6.45) is 1.39. The summed E-state index contributed by atoms with van der Waals surface area (Å²) in [4.78, 5) is 13.1. The molecule has 2 unspecified atom stereocenters. The van der Waals surface area contributed by atoms with Gasteiger partial charge in [0.1, 0.15) is 0 Å². The topological polar surface area (TPSA) is 32.3 Å². The van der Waals surface area contributed by atoms with Crippen LogP contribution in [0.5, 0.6) is 0 Å². The van der Waals surface area contributed by atoms with Gasteiger partial charge in [0.25, 0.3) is 0 Å². The molecule has 122 valence electrons. The van der Waals surface area contributed by atoms with Crippen molar-refractivity contribution in [3.8, 4) is 0 Å². The molecule has 0 bridgehead atoms. The lowest BCUT2D eigenvalue weighted by Gasteiger charge is -2.40. The second kappa shape index (κ2) is 6.99. The summed E-state index contributed by atoms with van der Waals surface area (Å²) in [7, 11) is 0. The number of piperidine rings is 1. The summed E-state index contributed by atoms with van der Waals surface area (Å²) in [5.41, 5.74) is 0. The van der Waals surface area contributed by atoms with Crippen LogP contribution in [-0.2, 0) is 4.79 Å². The number of carbonyl (C=O) groups excluding carboxylic acids is 1. The molecule has 1 amide bonds. The van der Waals surface area contributed by atoms with E-state index in [0.29, 0.717) is 19.0 Å². The predicted molar refractivity (Wildman–Crippen MR) is 74.8 cm³/mol. The Kier molecular flexibility index (Phi) is 5.52. The van der Waals surface area contributed by atoms with Crippen molar-refractivity contribution in [3.05, 3.63) is 0 Å². The molecule has 1 saturated heterocycles. The van der Waals surface area contributed by atoms with Gasteiger partial charge in [-0.05, 0) is 25.2 Å². The summed E-state index contributed by atoms with van der Waals surface area (Å²) >= 11 is 0. The third-order valence-corrected chi connectivity index (χ3v) is 4.58. The van der Waals surface area contributed by atoms with Crippen LogP contribution in [-0.4, -0.2) is 42.2 Å². The Morgan fingerprint density at radius 3 is 2.38 bits per heavy atom. The van der Waals surface area contributed by atoms with E-state index in [1.54, 1.807) is 4.90 Å². The van der Waals surface area contributed by atoms with Crippen LogP contribution in [0.3, 0.4) is 0 Å². The molecule has 1 aliphatic heterocycles. The monoisotopic (exact) mass is 306 g/mol. The number of amides is 1. The average molecular weight is 306 g/mol. The number of nitrogens with zero attached hydrogens (tertiary/aromatic N) is 1. The zero-order valence-electron chi connectivity index (χ0n) is 12.6. The van der Waals surface area contributed by atoms with Gasteiger partial charge in [-0.15, -0.1) is 0 Å². The maximum Gasteiger partial charge on any atom is 0.389 e. The predicted octanol–water partition coefficient (Wildman–Crippen LogP) is 3.10. The highest BCUT2D eigenvalue weighted by Crippen LogP contribution is 2.31. The summed E-state index contributed by atoms with van der Waals surface area (Å²) in [5, 5.41) is 3.50. The molecule has 1 aliphatic carbocycles. The quantitative estimate of drug-likeness (QED) is 0.869. The van der Waals surface area contributed by atoms with Gasteiger partial charge in [-0.25, -0.2) is 0 Å². The summed E-state index contributed by atoms with van der Waals surface area (Å²) < 4.78 is 37.9. The third kappa shape index (κ3) is 5.49. The number of hydrogen-bond acceptors (Lipinski definition) is 2. The van der Waals surface area contributed by atoms with Gasteiger partial charge in [0.15, 0.2) is 0 Å². The standard InChI is InChI=1S/C15H25F3N2O/c1-11(21)20-9-12(8-15(16,17)18)7-14(10-20)19-13-5-3-2-4-6-13/h12-14,19H,2-10H2,1H3. The minimum atomic E-state index is -4.15. The summed E-state index contributed by atoms with van der Waals surface area (Å²) in [5.74, 6) is -0.610. The zero-order valence-corrected chi connectivity index (χ0v) is 12.6. The number of rotatable bonds is 3. The van der Waals surface area contributed by atoms with Gasteiger partial charge in [0.2, 0.25) is 5.91 Å². The first-order valence-electron chi connectivity index (χ1n) is 7.92. The molecule has 6 heteroatoms. The zero-order chi connectivity index (χ0) is 15.5. The van der Waals surface area contributed by atoms with Crippen LogP contribution in [0, 0.1) is 5.92 Å². The number of alkyl halides is 3. The first-order valence-corrected chi connectivity index (χ1v) is 7.92. The van der Waals surface area contributed by atoms with Crippen LogP contribution in [0.4, 0.5) is 13.2 Å². The molecule has 0 aromatic heterocycles. The van der Waals surface area contributed by atoms with Crippen LogP contribution >= 0.6 is 0 Å². The Morgan fingerprint density at radius 1 is 1.14 bits per heavy atom. The molecule has 21 heavy (non-hydrogen) atoms. The van der Waals surface area contributed by atoms with Crippen molar-refractivity contribution in [2.24, 2.45) is 5.92 Å². The van der Waals surface area contributed by atoms with Crippen molar-refractivity contribution in [1.82, 2.24) is 10.2 Å². The highest BCUT2D eigenvalue weighted by atomic mass is 19.4. The average Bonchev–Trinajstić information content (AvgIpc) is 2.37. The Balaban J connectivity index is 1.93. The number of carbonyl (C=O) groups is 1. The second-order valence-corrected chi connectivity index (χ2v) is 6.54. The van der Waals surface area contributed by atoms with E-state index >= 15 is 0 Å². The van der Waals surface area contributed by atoms with E-state index in [1.807, 2.05) is 0 Å². The molecule has 0 aromatic carbocycles. The third-order valence-electron chi connectivity index (χ3n) is 4.58. The Hall–Kier alpha value is -0.780. The van der Waals surface area contributed by atoms with E-state index in [1.165, 1.54) is 26.2 Å².